The first-order valence-electron chi connectivity index (χ1n) is 5.60. The van der Waals surface area contributed by atoms with E-state index in [1.807, 2.05) is 30.5 Å². The maximum Gasteiger partial charge on any atom is 0.0512 e. The van der Waals surface area contributed by atoms with Crippen molar-refractivity contribution in [1.29, 1.82) is 0 Å². The second-order valence-electron chi connectivity index (χ2n) is 4.10. The van der Waals surface area contributed by atoms with Crippen LogP contribution in [0.25, 0.3) is 0 Å². The molecule has 2 aromatic rings. The highest BCUT2D eigenvalue weighted by molar-refractivity contribution is 9.10. The van der Waals surface area contributed by atoms with Gasteiger partial charge in [0.05, 0.1) is 6.04 Å². The van der Waals surface area contributed by atoms with Gasteiger partial charge in [0.25, 0.3) is 0 Å². The van der Waals surface area contributed by atoms with Crippen LogP contribution in [0.4, 0.5) is 0 Å². The fraction of sp³-hybridized carbons (Fsp3) is 0.154. The maximum absolute atomic E-state index is 5.95. The molecule has 0 saturated heterocycles. The Morgan fingerprint density at radius 2 is 2.05 bits per heavy atom. The monoisotopic (exact) mass is 403 g/mol. The van der Waals surface area contributed by atoms with Gasteiger partial charge < -0.3 is 0 Å². The van der Waals surface area contributed by atoms with Crippen molar-refractivity contribution in [3.63, 3.8) is 0 Å². The van der Waals surface area contributed by atoms with Crippen molar-refractivity contribution in [3.05, 3.63) is 61.8 Å². The fourth-order valence-corrected chi connectivity index (χ4v) is 3.22. The number of hydrogen-bond donors (Lipinski definition) is 2. The van der Waals surface area contributed by atoms with Crippen LogP contribution in [0.5, 0.6) is 0 Å². The van der Waals surface area contributed by atoms with Crippen molar-refractivity contribution in [2.45, 2.75) is 12.5 Å². The molecule has 1 unspecified atom stereocenters. The molecule has 3 nitrogen and oxygen atoms in total. The molecular formula is C13H12Br2ClN3. The lowest BCUT2D eigenvalue weighted by molar-refractivity contribution is 0.549. The topological polar surface area (TPSA) is 50.9 Å². The van der Waals surface area contributed by atoms with Gasteiger partial charge in [-0.15, -0.1) is 0 Å². The number of benzene rings is 1. The van der Waals surface area contributed by atoms with Crippen LogP contribution in [0.15, 0.2) is 45.6 Å². The predicted octanol–water partition coefficient (Wildman–Crippen LogP) is 4.01. The van der Waals surface area contributed by atoms with Gasteiger partial charge in [-0.3, -0.25) is 16.3 Å². The molecule has 0 saturated carbocycles. The zero-order chi connectivity index (χ0) is 13.8. The summed E-state index contributed by atoms with van der Waals surface area (Å²) in [7, 11) is 0. The zero-order valence-electron chi connectivity index (χ0n) is 9.91. The van der Waals surface area contributed by atoms with Crippen LogP contribution in [0.1, 0.15) is 17.2 Å². The van der Waals surface area contributed by atoms with Gasteiger partial charge >= 0.3 is 0 Å². The molecule has 0 bridgehead atoms. The number of rotatable bonds is 4. The van der Waals surface area contributed by atoms with E-state index in [0.29, 0.717) is 5.02 Å². The zero-order valence-corrected chi connectivity index (χ0v) is 13.8. The molecule has 0 aliphatic heterocycles. The van der Waals surface area contributed by atoms with Gasteiger partial charge in [0.2, 0.25) is 0 Å². The lowest BCUT2D eigenvalue weighted by Gasteiger charge is -2.18. The van der Waals surface area contributed by atoms with Crippen molar-refractivity contribution in [2.24, 2.45) is 5.84 Å². The number of halogens is 3. The van der Waals surface area contributed by atoms with Crippen LogP contribution in [-0.4, -0.2) is 4.98 Å². The van der Waals surface area contributed by atoms with Crippen LogP contribution >= 0.6 is 43.5 Å². The Labute approximate surface area is 133 Å². The summed E-state index contributed by atoms with van der Waals surface area (Å²) in [5.41, 5.74) is 4.99. The summed E-state index contributed by atoms with van der Waals surface area (Å²) in [5.74, 6) is 5.66. The summed E-state index contributed by atoms with van der Waals surface area (Å²) >= 11 is 12.9. The van der Waals surface area contributed by atoms with E-state index in [9.17, 15) is 0 Å². The van der Waals surface area contributed by atoms with Crippen molar-refractivity contribution in [2.75, 3.05) is 0 Å². The molecule has 0 aliphatic rings. The molecule has 1 heterocycles. The highest BCUT2D eigenvalue weighted by Crippen LogP contribution is 2.28. The van der Waals surface area contributed by atoms with Gasteiger partial charge in [-0.05, 0) is 51.7 Å². The highest BCUT2D eigenvalue weighted by Gasteiger charge is 2.14. The van der Waals surface area contributed by atoms with Crippen LogP contribution < -0.4 is 11.3 Å². The molecule has 0 aliphatic carbocycles. The SMILES string of the molecule is NNC(Cc1cncc(Br)c1)c1ccc(Cl)cc1Br. The Bertz CT molecular complexity index is 578. The summed E-state index contributed by atoms with van der Waals surface area (Å²) in [6.07, 6.45) is 4.33. The Hall–Kier alpha value is -0.460. The highest BCUT2D eigenvalue weighted by atomic mass is 79.9. The first-order valence-corrected chi connectivity index (χ1v) is 7.57. The first kappa shape index (κ1) is 14.9. The van der Waals surface area contributed by atoms with E-state index in [0.717, 1.165) is 26.5 Å². The van der Waals surface area contributed by atoms with Gasteiger partial charge in [-0.1, -0.05) is 33.6 Å². The van der Waals surface area contributed by atoms with Crippen LogP contribution in [0, 0.1) is 0 Å². The van der Waals surface area contributed by atoms with E-state index in [-0.39, 0.29) is 6.04 Å². The normalized spacial score (nSPS) is 12.4. The Morgan fingerprint density at radius 3 is 2.68 bits per heavy atom. The number of aromatic nitrogens is 1. The van der Waals surface area contributed by atoms with E-state index in [1.165, 1.54) is 0 Å². The minimum absolute atomic E-state index is 0.0114. The van der Waals surface area contributed by atoms with Crippen LogP contribution in [-0.2, 0) is 6.42 Å². The van der Waals surface area contributed by atoms with Gasteiger partial charge in [-0.25, -0.2) is 0 Å². The third-order valence-corrected chi connectivity index (χ3v) is 4.10. The molecule has 0 amide bonds. The van der Waals surface area contributed by atoms with E-state index in [1.54, 1.807) is 6.20 Å². The molecule has 1 aromatic carbocycles. The maximum atomic E-state index is 5.95. The summed E-state index contributed by atoms with van der Waals surface area (Å²) in [4.78, 5) is 4.15. The number of nitrogens with one attached hydrogen (secondary N) is 1. The average molecular weight is 406 g/mol. The van der Waals surface area contributed by atoms with Crippen molar-refractivity contribution < 1.29 is 0 Å². The van der Waals surface area contributed by atoms with Gasteiger partial charge in [-0.2, -0.15) is 0 Å². The van der Waals surface area contributed by atoms with E-state index in [2.05, 4.69) is 42.3 Å². The lowest BCUT2D eigenvalue weighted by Crippen LogP contribution is -2.29. The molecule has 3 N–H and O–H groups in total. The fourth-order valence-electron chi connectivity index (χ4n) is 1.85. The molecule has 19 heavy (non-hydrogen) atoms. The standard InChI is InChI=1S/C13H12Br2ClN3/c14-9-3-8(6-18-7-9)4-13(19-17)11-2-1-10(16)5-12(11)15/h1-3,5-7,13,19H,4,17H2. The van der Waals surface area contributed by atoms with E-state index >= 15 is 0 Å². The minimum atomic E-state index is -0.0114. The molecule has 2 rings (SSSR count). The van der Waals surface area contributed by atoms with E-state index in [4.69, 9.17) is 17.4 Å². The molecule has 100 valence electrons. The molecule has 1 atom stereocenters. The number of nitrogens with zero attached hydrogens (tertiary/aromatic N) is 1. The largest absolute Gasteiger partial charge is 0.271 e. The summed E-state index contributed by atoms with van der Waals surface area (Å²) in [6, 6.07) is 7.69. The molecule has 1 aromatic heterocycles. The van der Waals surface area contributed by atoms with Crippen molar-refractivity contribution in [1.82, 2.24) is 10.4 Å². The van der Waals surface area contributed by atoms with Crippen LogP contribution in [0.2, 0.25) is 5.02 Å². The molecule has 0 radical (unpaired) electrons. The smallest absolute Gasteiger partial charge is 0.0512 e. The number of pyridine rings is 1. The summed E-state index contributed by atoms with van der Waals surface area (Å²) < 4.78 is 1.89. The Kier molecular flexibility index (Phi) is 5.36. The third-order valence-electron chi connectivity index (χ3n) is 2.74. The molecule has 0 fully saturated rings. The molecule has 0 spiro atoms. The molecular weight excluding hydrogens is 393 g/mol. The van der Waals surface area contributed by atoms with Gasteiger partial charge in [0.1, 0.15) is 0 Å². The lowest BCUT2D eigenvalue weighted by atomic mass is 10.0. The quantitative estimate of drug-likeness (QED) is 0.597. The Balaban J connectivity index is 2.25. The number of hydrazine groups is 1. The first-order chi connectivity index (χ1) is 9.10. The van der Waals surface area contributed by atoms with Gasteiger partial charge in [0, 0.05) is 26.4 Å². The second kappa shape index (κ2) is 6.81. The summed E-state index contributed by atoms with van der Waals surface area (Å²) in [5, 5.41) is 0.690. The predicted molar refractivity (Wildman–Crippen MR) is 84.9 cm³/mol. The number of hydrogen-bond acceptors (Lipinski definition) is 3. The van der Waals surface area contributed by atoms with Crippen molar-refractivity contribution >= 4 is 43.5 Å². The minimum Gasteiger partial charge on any atom is -0.271 e. The average Bonchev–Trinajstić information content (AvgIpc) is 2.37. The van der Waals surface area contributed by atoms with Crippen molar-refractivity contribution in [3.8, 4) is 0 Å². The van der Waals surface area contributed by atoms with Crippen LogP contribution in [0.3, 0.4) is 0 Å². The number of nitrogens with two attached hydrogens (primary N) is 1. The molecule has 6 heteroatoms. The van der Waals surface area contributed by atoms with Gasteiger partial charge in [0.15, 0.2) is 0 Å². The van der Waals surface area contributed by atoms with E-state index < -0.39 is 0 Å². The Morgan fingerprint density at radius 1 is 1.26 bits per heavy atom. The second-order valence-corrected chi connectivity index (χ2v) is 6.31. The third kappa shape index (κ3) is 4.00. The summed E-state index contributed by atoms with van der Waals surface area (Å²) in [6.45, 7) is 0.